The molecule has 0 saturated carbocycles. The van der Waals surface area contributed by atoms with Crippen molar-refractivity contribution in [2.45, 2.75) is 32.8 Å². The lowest BCUT2D eigenvalue weighted by atomic mass is 10.2. The molecule has 1 atom stereocenters. The largest absolute Gasteiger partial charge is 0.453 e. The first-order valence-electron chi connectivity index (χ1n) is 8.91. The number of hydrogen-bond donors (Lipinski definition) is 1. The Bertz CT molecular complexity index is 732. The summed E-state index contributed by atoms with van der Waals surface area (Å²) in [6, 6.07) is 3.10. The van der Waals surface area contributed by atoms with E-state index in [1.807, 2.05) is 0 Å². The fraction of sp³-hybridized carbons (Fsp3) is 0.500. The molecule has 2 heterocycles. The van der Waals surface area contributed by atoms with Crippen molar-refractivity contribution in [3.05, 3.63) is 23.4 Å². The highest BCUT2D eigenvalue weighted by Gasteiger charge is 2.24. The van der Waals surface area contributed by atoms with E-state index in [2.05, 4.69) is 10.3 Å². The van der Waals surface area contributed by atoms with Gasteiger partial charge in [0, 0.05) is 45.7 Å². The maximum Gasteiger partial charge on any atom is 0.307 e. The molecule has 1 aromatic heterocycles. The van der Waals surface area contributed by atoms with E-state index in [0.717, 1.165) is 0 Å². The van der Waals surface area contributed by atoms with Gasteiger partial charge >= 0.3 is 5.97 Å². The third-order valence-electron chi connectivity index (χ3n) is 4.28. The van der Waals surface area contributed by atoms with Crippen LogP contribution in [0.3, 0.4) is 0 Å². The first-order chi connectivity index (χ1) is 13.3. The predicted molar refractivity (Wildman–Crippen MR) is 101 cm³/mol. The third-order valence-corrected chi connectivity index (χ3v) is 4.50. The van der Waals surface area contributed by atoms with Crippen LogP contribution in [0.1, 0.15) is 26.7 Å². The van der Waals surface area contributed by atoms with Crippen molar-refractivity contribution in [2.75, 3.05) is 31.5 Å². The van der Waals surface area contributed by atoms with Gasteiger partial charge in [-0.05, 0) is 19.1 Å². The van der Waals surface area contributed by atoms with Gasteiger partial charge in [0.2, 0.25) is 11.8 Å². The molecule has 0 radical (unpaired) electrons. The summed E-state index contributed by atoms with van der Waals surface area (Å²) in [6.07, 6.45) is 0.226. The fourth-order valence-electron chi connectivity index (χ4n) is 2.63. The predicted octanol–water partition coefficient (Wildman–Crippen LogP) is 1.08. The number of piperazine rings is 1. The second-order valence-corrected chi connectivity index (χ2v) is 6.81. The van der Waals surface area contributed by atoms with Gasteiger partial charge in [-0.3, -0.25) is 19.2 Å². The second-order valence-electron chi connectivity index (χ2n) is 6.37. The minimum Gasteiger partial charge on any atom is -0.453 e. The van der Waals surface area contributed by atoms with Crippen molar-refractivity contribution in [1.29, 1.82) is 0 Å². The molecule has 0 unspecified atom stereocenters. The minimum atomic E-state index is -1.03. The quantitative estimate of drug-likeness (QED) is 0.703. The Kier molecular flexibility index (Phi) is 7.74. The van der Waals surface area contributed by atoms with Crippen LogP contribution in [0.4, 0.5) is 5.82 Å². The highest BCUT2D eigenvalue weighted by atomic mass is 35.5. The summed E-state index contributed by atoms with van der Waals surface area (Å²) in [5.41, 5.74) is 0. The number of aromatic nitrogens is 1. The number of carbonyl (C=O) groups excluding carboxylic acids is 4. The fourth-order valence-corrected chi connectivity index (χ4v) is 2.74. The Labute approximate surface area is 168 Å². The molecule has 1 aromatic rings. The number of amides is 3. The van der Waals surface area contributed by atoms with Crippen LogP contribution in [-0.2, 0) is 23.9 Å². The van der Waals surface area contributed by atoms with Crippen LogP contribution in [0.5, 0.6) is 0 Å². The second kappa shape index (κ2) is 10.0. The van der Waals surface area contributed by atoms with E-state index < -0.39 is 18.0 Å². The van der Waals surface area contributed by atoms with Gasteiger partial charge in [-0.1, -0.05) is 11.6 Å². The number of anilines is 1. The van der Waals surface area contributed by atoms with Crippen LogP contribution in [0.2, 0.25) is 5.02 Å². The summed E-state index contributed by atoms with van der Waals surface area (Å²) in [6.45, 7) is 4.80. The van der Waals surface area contributed by atoms with Crippen molar-refractivity contribution >= 4 is 41.1 Å². The van der Waals surface area contributed by atoms with Crippen LogP contribution in [0.25, 0.3) is 0 Å². The zero-order chi connectivity index (χ0) is 20.7. The summed E-state index contributed by atoms with van der Waals surface area (Å²) in [5.74, 6) is -1.08. The first kappa shape index (κ1) is 21.6. The highest BCUT2D eigenvalue weighted by Crippen LogP contribution is 2.11. The van der Waals surface area contributed by atoms with E-state index in [-0.39, 0.29) is 30.5 Å². The Morgan fingerprint density at radius 2 is 1.79 bits per heavy atom. The van der Waals surface area contributed by atoms with E-state index in [9.17, 15) is 19.2 Å². The van der Waals surface area contributed by atoms with Gasteiger partial charge in [0.15, 0.2) is 6.10 Å². The Hall–Kier alpha value is -2.68. The van der Waals surface area contributed by atoms with Gasteiger partial charge in [0.25, 0.3) is 5.91 Å². The molecule has 28 heavy (non-hydrogen) atoms. The molecule has 10 heteroatoms. The summed E-state index contributed by atoms with van der Waals surface area (Å²) >= 11 is 5.72. The summed E-state index contributed by atoms with van der Waals surface area (Å²) < 4.78 is 5.07. The molecule has 0 bridgehead atoms. The lowest BCUT2D eigenvalue weighted by Gasteiger charge is -2.34. The van der Waals surface area contributed by atoms with Crippen molar-refractivity contribution in [3.63, 3.8) is 0 Å². The summed E-state index contributed by atoms with van der Waals surface area (Å²) in [7, 11) is 0. The minimum absolute atomic E-state index is 0.00795. The smallest absolute Gasteiger partial charge is 0.307 e. The van der Waals surface area contributed by atoms with Crippen molar-refractivity contribution in [3.8, 4) is 0 Å². The van der Waals surface area contributed by atoms with Gasteiger partial charge in [0.05, 0.1) is 11.4 Å². The molecule has 1 fully saturated rings. The highest BCUT2D eigenvalue weighted by molar-refractivity contribution is 6.30. The number of carbonyl (C=O) groups is 4. The van der Waals surface area contributed by atoms with Gasteiger partial charge in [0.1, 0.15) is 5.82 Å². The average molecular weight is 411 g/mol. The lowest BCUT2D eigenvalue weighted by Crippen LogP contribution is -2.50. The molecule has 1 aliphatic rings. The molecular formula is C18H23ClN4O5. The topological polar surface area (TPSA) is 109 Å². The van der Waals surface area contributed by atoms with Crippen molar-refractivity contribution in [2.24, 2.45) is 0 Å². The zero-order valence-electron chi connectivity index (χ0n) is 15.8. The van der Waals surface area contributed by atoms with Crippen molar-refractivity contribution < 1.29 is 23.9 Å². The number of nitrogens with zero attached hydrogens (tertiary/aromatic N) is 3. The number of ether oxygens (including phenoxy) is 1. The van der Waals surface area contributed by atoms with E-state index in [1.165, 1.54) is 26.1 Å². The Balaban J connectivity index is 1.71. The molecule has 3 amide bonds. The van der Waals surface area contributed by atoms with Crippen LogP contribution in [0, 0.1) is 0 Å². The molecule has 0 spiro atoms. The van der Waals surface area contributed by atoms with Crippen LogP contribution in [-0.4, -0.2) is 70.8 Å². The van der Waals surface area contributed by atoms with Gasteiger partial charge in [-0.25, -0.2) is 4.98 Å². The number of esters is 1. The molecule has 0 aromatic carbocycles. The molecule has 0 aliphatic carbocycles. The van der Waals surface area contributed by atoms with E-state index in [4.69, 9.17) is 16.3 Å². The van der Waals surface area contributed by atoms with E-state index in [0.29, 0.717) is 31.2 Å². The summed E-state index contributed by atoms with van der Waals surface area (Å²) in [5, 5.41) is 2.95. The molecule has 1 N–H and O–H groups in total. The van der Waals surface area contributed by atoms with Crippen LogP contribution in [0.15, 0.2) is 18.3 Å². The normalized spacial score (nSPS) is 15.0. The maximum atomic E-state index is 12.2. The molecule has 9 nitrogen and oxygen atoms in total. The molecule has 1 saturated heterocycles. The molecule has 152 valence electrons. The molecular weight excluding hydrogens is 388 g/mol. The SMILES string of the molecule is CC(=O)N1CCN(C(=O)CCC(=O)O[C@H](C)C(=O)Nc2ccc(Cl)cn2)CC1. The lowest BCUT2D eigenvalue weighted by molar-refractivity contribution is -0.154. The summed E-state index contributed by atoms with van der Waals surface area (Å²) in [4.78, 5) is 54.7. The van der Waals surface area contributed by atoms with E-state index in [1.54, 1.807) is 15.9 Å². The van der Waals surface area contributed by atoms with Gasteiger partial charge < -0.3 is 19.9 Å². The van der Waals surface area contributed by atoms with E-state index >= 15 is 0 Å². The van der Waals surface area contributed by atoms with Crippen LogP contribution < -0.4 is 5.32 Å². The number of nitrogens with one attached hydrogen (secondary N) is 1. The van der Waals surface area contributed by atoms with Crippen LogP contribution >= 0.6 is 11.6 Å². The monoisotopic (exact) mass is 410 g/mol. The molecule has 2 rings (SSSR count). The maximum absolute atomic E-state index is 12.2. The van der Waals surface area contributed by atoms with Gasteiger partial charge in [-0.15, -0.1) is 0 Å². The number of halogens is 1. The zero-order valence-corrected chi connectivity index (χ0v) is 16.6. The molecule has 1 aliphatic heterocycles. The number of pyridine rings is 1. The Morgan fingerprint density at radius 1 is 1.14 bits per heavy atom. The number of rotatable bonds is 6. The van der Waals surface area contributed by atoms with Crippen molar-refractivity contribution in [1.82, 2.24) is 14.8 Å². The first-order valence-corrected chi connectivity index (χ1v) is 9.29. The van der Waals surface area contributed by atoms with Gasteiger partial charge in [-0.2, -0.15) is 0 Å². The third kappa shape index (κ3) is 6.49. The standard InChI is InChI=1S/C18H23ClN4O5/c1-12(18(27)21-15-4-3-14(19)11-20-15)28-17(26)6-5-16(25)23-9-7-22(8-10-23)13(2)24/h3-4,11-12H,5-10H2,1-2H3,(H,20,21,27)/t12-/m1/s1. The number of hydrogen-bond acceptors (Lipinski definition) is 6. The Morgan fingerprint density at radius 3 is 2.36 bits per heavy atom. The average Bonchev–Trinajstić information content (AvgIpc) is 2.67.